The van der Waals surface area contributed by atoms with Gasteiger partial charge in [-0.1, -0.05) is 24.3 Å². The molecule has 8 nitrogen and oxygen atoms in total. The van der Waals surface area contributed by atoms with Crippen LogP contribution in [0.15, 0.2) is 64.0 Å². The molecule has 176 valence electrons. The highest BCUT2D eigenvalue weighted by Gasteiger charge is 2.20. The molecule has 0 amide bonds. The van der Waals surface area contributed by atoms with E-state index in [0.29, 0.717) is 23.0 Å². The fraction of sp³-hybridized carbons (Fsp3) is 0.280. The summed E-state index contributed by atoms with van der Waals surface area (Å²) >= 11 is 0. The molecule has 9 heteroatoms. The normalized spacial score (nSPS) is 12.3. The van der Waals surface area contributed by atoms with Crippen LogP contribution in [0.2, 0.25) is 0 Å². The Kier molecular flexibility index (Phi) is 6.09. The number of aryl methyl sites for hydroxylation is 1. The zero-order valence-corrected chi connectivity index (χ0v) is 20.6. The minimum absolute atomic E-state index is 0.254. The third kappa shape index (κ3) is 4.62. The zero-order valence-electron chi connectivity index (χ0n) is 19.8. The van der Waals surface area contributed by atoms with Gasteiger partial charge in [0.05, 0.1) is 27.7 Å². The van der Waals surface area contributed by atoms with Crippen molar-refractivity contribution in [2.24, 2.45) is 5.73 Å². The summed E-state index contributed by atoms with van der Waals surface area (Å²) in [6.07, 6.45) is 1.63. The number of benzene rings is 2. The van der Waals surface area contributed by atoms with Crippen LogP contribution in [0, 0.1) is 6.92 Å². The maximum atomic E-state index is 12.4. The molecule has 34 heavy (non-hydrogen) atoms. The Morgan fingerprint density at radius 2 is 1.50 bits per heavy atom. The van der Waals surface area contributed by atoms with E-state index in [4.69, 9.17) is 10.2 Å². The smallest absolute Gasteiger partial charge is 0.268 e. The molecule has 0 atom stereocenters. The molecular weight excluding hydrogens is 450 g/mol. The largest absolute Gasteiger partial charge is 0.415 e. The van der Waals surface area contributed by atoms with Gasteiger partial charge >= 0.3 is 0 Å². The fourth-order valence-corrected chi connectivity index (χ4v) is 4.42. The molecule has 0 aliphatic carbocycles. The first-order chi connectivity index (χ1) is 16.0. The van der Waals surface area contributed by atoms with Gasteiger partial charge in [0.15, 0.2) is 9.84 Å². The van der Waals surface area contributed by atoms with E-state index in [0.717, 1.165) is 16.7 Å². The van der Waals surface area contributed by atoms with Crippen molar-refractivity contribution >= 4 is 9.84 Å². The van der Waals surface area contributed by atoms with Crippen LogP contribution >= 0.6 is 0 Å². The van der Waals surface area contributed by atoms with Gasteiger partial charge in [-0.15, -0.1) is 10.2 Å². The van der Waals surface area contributed by atoms with Gasteiger partial charge in [-0.3, -0.25) is 4.98 Å². The van der Waals surface area contributed by atoms with Gasteiger partial charge in [0, 0.05) is 16.7 Å². The lowest BCUT2D eigenvalue weighted by molar-refractivity contribution is 0.554. The predicted octanol–water partition coefficient (Wildman–Crippen LogP) is 4.54. The second-order valence-corrected chi connectivity index (χ2v) is 11.5. The molecule has 2 N–H and O–H groups in total. The Labute approximate surface area is 199 Å². The summed E-state index contributed by atoms with van der Waals surface area (Å²) in [5.41, 5.74) is 9.89. The minimum Gasteiger partial charge on any atom is -0.415 e. The number of nitrogens with zero attached hydrogens (tertiary/aromatic N) is 4. The summed E-state index contributed by atoms with van der Waals surface area (Å²) in [5, 5.41) is 7.85. The molecule has 0 unspecified atom stereocenters. The van der Waals surface area contributed by atoms with Crippen molar-refractivity contribution in [3.05, 3.63) is 66.0 Å². The van der Waals surface area contributed by atoms with Gasteiger partial charge in [0.25, 0.3) is 5.89 Å². The Morgan fingerprint density at radius 3 is 2.09 bits per heavy atom. The summed E-state index contributed by atoms with van der Waals surface area (Å²) in [7, 11) is -3.34. The number of nitrogens with two attached hydrogens (primary N) is 1. The minimum atomic E-state index is -3.34. The molecule has 0 fully saturated rings. The second kappa shape index (κ2) is 8.73. The van der Waals surface area contributed by atoms with E-state index < -0.39 is 20.6 Å². The summed E-state index contributed by atoms with van der Waals surface area (Å²) < 4.78 is 30.7. The molecule has 0 saturated carbocycles. The van der Waals surface area contributed by atoms with Crippen molar-refractivity contribution in [1.29, 1.82) is 0 Å². The summed E-state index contributed by atoms with van der Waals surface area (Å²) in [5.74, 6) is 0.621. The van der Waals surface area contributed by atoms with Crippen LogP contribution in [0.25, 0.3) is 34.3 Å². The van der Waals surface area contributed by atoms with Crippen molar-refractivity contribution in [2.75, 3.05) is 0 Å². The lowest BCUT2D eigenvalue weighted by Gasteiger charge is -2.18. The van der Waals surface area contributed by atoms with Crippen LogP contribution in [0.5, 0.6) is 0 Å². The SMILES string of the molecule is Cc1ncc(-c2ccc(S(=O)(=O)C(C)C)cc2)nc1-c1nnc(-c2ccc(C(C)(C)N)cc2)o1. The molecule has 2 heterocycles. The maximum Gasteiger partial charge on any atom is 0.268 e. The number of rotatable bonds is 6. The van der Waals surface area contributed by atoms with Gasteiger partial charge in [0.2, 0.25) is 5.89 Å². The first-order valence-electron chi connectivity index (χ1n) is 10.9. The van der Waals surface area contributed by atoms with E-state index in [-0.39, 0.29) is 10.8 Å². The first kappa shape index (κ1) is 23.7. The van der Waals surface area contributed by atoms with Crippen molar-refractivity contribution in [2.45, 2.75) is 50.3 Å². The average Bonchev–Trinajstić information content (AvgIpc) is 3.29. The topological polar surface area (TPSA) is 125 Å². The summed E-state index contributed by atoms with van der Waals surface area (Å²) in [4.78, 5) is 9.37. The average molecular weight is 478 g/mol. The second-order valence-electron chi connectivity index (χ2n) is 9.02. The number of sulfone groups is 1. The highest BCUT2D eigenvalue weighted by atomic mass is 32.2. The van der Waals surface area contributed by atoms with Crippen LogP contribution < -0.4 is 5.73 Å². The molecule has 4 aromatic rings. The number of hydrogen-bond acceptors (Lipinski definition) is 8. The third-order valence-corrected chi connectivity index (χ3v) is 7.73. The molecule has 0 aliphatic rings. The van der Waals surface area contributed by atoms with Crippen LogP contribution in [0.1, 0.15) is 39.0 Å². The molecule has 0 saturated heterocycles. The van der Waals surface area contributed by atoms with Crippen molar-refractivity contribution in [3.63, 3.8) is 0 Å². The number of hydrogen-bond donors (Lipinski definition) is 1. The Balaban J connectivity index is 1.64. The van der Waals surface area contributed by atoms with E-state index in [1.54, 1.807) is 44.3 Å². The predicted molar refractivity (Wildman–Crippen MR) is 130 cm³/mol. The molecule has 2 aromatic heterocycles. The highest BCUT2D eigenvalue weighted by Crippen LogP contribution is 2.28. The lowest BCUT2D eigenvalue weighted by atomic mass is 9.95. The van der Waals surface area contributed by atoms with E-state index >= 15 is 0 Å². The van der Waals surface area contributed by atoms with E-state index in [1.807, 2.05) is 45.0 Å². The number of aromatic nitrogens is 4. The van der Waals surface area contributed by atoms with E-state index in [2.05, 4.69) is 20.2 Å². The molecular formula is C25H27N5O3S. The fourth-order valence-electron chi connectivity index (χ4n) is 3.36. The van der Waals surface area contributed by atoms with Crippen molar-refractivity contribution in [1.82, 2.24) is 20.2 Å². The third-order valence-electron chi connectivity index (χ3n) is 5.56. The standard InChI is InChI=1S/C25H27N5O3S/c1-15(2)34(31,32)20-12-8-17(9-13-20)21-14-27-16(3)22(28-21)24-30-29-23(33-24)18-6-10-19(11-7-18)25(4,5)26/h6-15H,26H2,1-5H3. The molecule has 2 aromatic carbocycles. The molecule has 0 spiro atoms. The van der Waals surface area contributed by atoms with Crippen LogP contribution in [0.3, 0.4) is 0 Å². The first-order valence-corrected chi connectivity index (χ1v) is 12.4. The summed E-state index contributed by atoms with van der Waals surface area (Å²) in [6, 6.07) is 14.3. The van der Waals surface area contributed by atoms with E-state index in [9.17, 15) is 8.42 Å². The Hall–Kier alpha value is -3.43. The summed E-state index contributed by atoms with van der Waals surface area (Å²) in [6.45, 7) is 9.02. The van der Waals surface area contributed by atoms with Crippen LogP contribution in [-0.2, 0) is 15.4 Å². The van der Waals surface area contributed by atoms with Gasteiger partial charge in [-0.2, -0.15) is 0 Å². The van der Waals surface area contributed by atoms with Crippen molar-refractivity contribution in [3.8, 4) is 34.3 Å². The maximum absolute atomic E-state index is 12.4. The molecule has 4 rings (SSSR count). The van der Waals surface area contributed by atoms with Gasteiger partial charge < -0.3 is 10.2 Å². The zero-order chi connectivity index (χ0) is 24.7. The Morgan fingerprint density at radius 1 is 0.912 bits per heavy atom. The van der Waals surface area contributed by atoms with Crippen LogP contribution in [-0.4, -0.2) is 33.8 Å². The quantitative estimate of drug-likeness (QED) is 0.429. The highest BCUT2D eigenvalue weighted by molar-refractivity contribution is 7.92. The molecule has 0 bridgehead atoms. The molecule has 0 radical (unpaired) electrons. The van der Waals surface area contributed by atoms with Gasteiger partial charge in [0.1, 0.15) is 5.69 Å². The lowest BCUT2D eigenvalue weighted by Crippen LogP contribution is -2.28. The van der Waals surface area contributed by atoms with Gasteiger partial charge in [-0.25, -0.2) is 13.4 Å². The van der Waals surface area contributed by atoms with Crippen LogP contribution in [0.4, 0.5) is 0 Å². The monoisotopic (exact) mass is 477 g/mol. The van der Waals surface area contributed by atoms with Crippen molar-refractivity contribution < 1.29 is 12.8 Å². The molecule has 0 aliphatic heterocycles. The van der Waals surface area contributed by atoms with E-state index in [1.165, 1.54) is 0 Å². The van der Waals surface area contributed by atoms with Gasteiger partial charge in [-0.05, 0) is 64.4 Å². The Bertz CT molecular complexity index is 1420.